The molecular weight excluding hydrogens is 454 g/mol. The van der Waals surface area contributed by atoms with Crippen molar-refractivity contribution in [2.45, 2.75) is 52.7 Å². The molecule has 2 heterocycles. The van der Waals surface area contributed by atoms with Crippen LogP contribution in [-0.4, -0.2) is 45.3 Å². The van der Waals surface area contributed by atoms with Crippen LogP contribution in [0.4, 0.5) is 0 Å². The third-order valence-electron chi connectivity index (χ3n) is 6.53. The monoisotopic (exact) mass is 483 g/mol. The molecule has 0 saturated carbocycles. The summed E-state index contributed by atoms with van der Waals surface area (Å²) >= 11 is 6.34. The van der Waals surface area contributed by atoms with E-state index < -0.39 is 11.4 Å². The van der Waals surface area contributed by atoms with Gasteiger partial charge in [0.1, 0.15) is 5.75 Å². The quantitative estimate of drug-likeness (QED) is 0.425. The Morgan fingerprint density at radius 2 is 1.85 bits per heavy atom. The number of hydrogen-bond donors (Lipinski definition) is 1. The van der Waals surface area contributed by atoms with E-state index in [1.807, 2.05) is 39.0 Å². The number of benzene rings is 2. The molecule has 1 fully saturated rings. The van der Waals surface area contributed by atoms with Crippen LogP contribution in [-0.2, 0) is 11.3 Å². The molecule has 0 atom stereocenters. The lowest BCUT2D eigenvalue weighted by molar-refractivity contribution is -0.152. The molecule has 0 unspecified atom stereocenters. The van der Waals surface area contributed by atoms with Crippen LogP contribution in [0.3, 0.4) is 0 Å². The highest BCUT2D eigenvalue weighted by Crippen LogP contribution is 2.36. The lowest BCUT2D eigenvalue weighted by Crippen LogP contribution is -2.43. The van der Waals surface area contributed by atoms with Crippen molar-refractivity contribution in [3.8, 4) is 28.6 Å². The lowest BCUT2D eigenvalue weighted by Gasteiger charge is -2.38. The molecule has 0 aliphatic carbocycles. The second-order valence-electron chi connectivity index (χ2n) is 9.15. The number of likely N-dealkylation sites (tertiary alicyclic amines) is 1. The predicted octanol–water partition coefficient (Wildman–Crippen LogP) is 5.92. The summed E-state index contributed by atoms with van der Waals surface area (Å²) in [6, 6.07) is 13.5. The highest BCUT2D eigenvalue weighted by Gasteiger charge is 2.39. The van der Waals surface area contributed by atoms with Gasteiger partial charge in [-0.1, -0.05) is 47.9 Å². The van der Waals surface area contributed by atoms with E-state index in [1.54, 1.807) is 12.1 Å². The number of hydrogen-bond acceptors (Lipinski definition) is 6. The number of carboxylic acids is 1. The van der Waals surface area contributed by atoms with Crippen molar-refractivity contribution in [1.29, 1.82) is 0 Å². The third-order valence-corrected chi connectivity index (χ3v) is 6.82. The van der Waals surface area contributed by atoms with Crippen molar-refractivity contribution >= 4 is 17.6 Å². The van der Waals surface area contributed by atoms with Crippen molar-refractivity contribution in [3.05, 3.63) is 53.1 Å². The predicted molar refractivity (Wildman–Crippen MR) is 131 cm³/mol. The van der Waals surface area contributed by atoms with E-state index in [9.17, 15) is 9.90 Å². The number of aliphatic carboxylic acids is 1. The Bertz CT molecular complexity index is 1140. The second kappa shape index (κ2) is 10.2. The summed E-state index contributed by atoms with van der Waals surface area (Å²) < 4.78 is 11.1. The number of rotatable bonds is 8. The topological polar surface area (TPSA) is 88.7 Å². The molecule has 1 N–H and O–H groups in total. The number of aromatic nitrogens is 2. The first-order valence-corrected chi connectivity index (χ1v) is 12.0. The van der Waals surface area contributed by atoms with Gasteiger partial charge in [0.05, 0.1) is 16.5 Å². The molecule has 2 aromatic carbocycles. The molecule has 180 valence electrons. The molecule has 4 rings (SSSR count). The molecule has 3 aromatic rings. The van der Waals surface area contributed by atoms with Gasteiger partial charge in [0.2, 0.25) is 5.82 Å². The minimum atomic E-state index is -0.666. The summed E-state index contributed by atoms with van der Waals surface area (Å²) in [4.78, 5) is 18.5. The van der Waals surface area contributed by atoms with E-state index in [0.29, 0.717) is 41.7 Å². The summed E-state index contributed by atoms with van der Waals surface area (Å²) in [6.07, 6.45) is 2.10. The van der Waals surface area contributed by atoms with Gasteiger partial charge in [-0.05, 0) is 70.0 Å². The summed E-state index contributed by atoms with van der Waals surface area (Å²) in [7, 11) is 0. The Kier molecular flexibility index (Phi) is 7.24. The summed E-state index contributed by atoms with van der Waals surface area (Å²) in [5.41, 5.74) is 2.19. The summed E-state index contributed by atoms with van der Waals surface area (Å²) in [5, 5.41) is 14.2. The average molecular weight is 484 g/mol. The fourth-order valence-corrected chi connectivity index (χ4v) is 4.54. The van der Waals surface area contributed by atoms with Crippen LogP contribution >= 0.6 is 11.6 Å². The number of ether oxygens (including phenoxy) is 1. The maximum Gasteiger partial charge on any atom is 0.309 e. The standard InChI is InChI=1S/C26H30ClN3O4/c1-4-26(25(31)32)11-13-30(14-12-26)16-18-5-7-19(8-6-18)23-28-24(34-29-23)20-9-10-22(21(27)15-20)33-17(2)3/h5-10,15,17H,4,11-14,16H2,1-3H3,(H,31,32). The molecule has 0 radical (unpaired) electrons. The molecular formula is C26H30ClN3O4. The Balaban J connectivity index is 1.40. The van der Waals surface area contributed by atoms with Gasteiger partial charge in [-0.2, -0.15) is 4.98 Å². The lowest BCUT2D eigenvalue weighted by atomic mass is 9.76. The van der Waals surface area contributed by atoms with E-state index in [2.05, 4.69) is 27.2 Å². The van der Waals surface area contributed by atoms with Crippen LogP contribution in [0.2, 0.25) is 5.02 Å². The molecule has 0 amide bonds. The van der Waals surface area contributed by atoms with E-state index in [-0.39, 0.29) is 6.10 Å². The minimum absolute atomic E-state index is 0.0332. The van der Waals surface area contributed by atoms with Gasteiger partial charge >= 0.3 is 5.97 Å². The Morgan fingerprint density at radius 1 is 1.18 bits per heavy atom. The fourth-order valence-electron chi connectivity index (χ4n) is 4.32. The molecule has 1 aliphatic heterocycles. The van der Waals surface area contributed by atoms with Gasteiger partial charge in [0.15, 0.2) is 0 Å². The van der Waals surface area contributed by atoms with Crippen LogP contribution in [0.5, 0.6) is 5.75 Å². The molecule has 7 nitrogen and oxygen atoms in total. The van der Waals surface area contributed by atoms with Crippen LogP contribution in [0.25, 0.3) is 22.8 Å². The summed E-state index contributed by atoms with van der Waals surface area (Å²) in [5.74, 6) is 0.851. The second-order valence-corrected chi connectivity index (χ2v) is 9.55. The number of carboxylic acid groups (broad SMARTS) is 1. The normalized spacial score (nSPS) is 16.0. The number of piperidine rings is 1. The van der Waals surface area contributed by atoms with E-state index in [1.165, 1.54) is 5.56 Å². The Labute approximate surface area is 204 Å². The Morgan fingerprint density at radius 3 is 2.44 bits per heavy atom. The van der Waals surface area contributed by atoms with Gasteiger partial charge in [-0.15, -0.1) is 0 Å². The number of nitrogens with zero attached hydrogens (tertiary/aromatic N) is 3. The van der Waals surface area contributed by atoms with Gasteiger partial charge < -0.3 is 14.4 Å². The van der Waals surface area contributed by atoms with Gasteiger partial charge in [-0.3, -0.25) is 9.69 Å². The smallest absolute Gasteiger partial charge is 0.309 e. The maximum absolute atomic E-state index is 11.7. The molecule has 1 aromatic heterocycles. The van der Waals surface area contributed by atoms with Crippen LogP contribution < -0.4 is 4.74 Å². The largest absolute Gasteiger partial charge is 0.489 e. The van der Waals surface area contributed by atoms with Gasteiger partial charge in [0.25, 0.3) is 5.89 Å². The van der Waals surface area contributed by atoms with Crippen molar-refractivity contribution < 1.29 is 19.2 Å². The zero-order chi connectivity index (χ0) is 24.3. The zero-order valence-electron chi connectivity index (χ0n) is 19.8. The number of halogens is 1. The van der Waals surface area contributed by atoms with Gasteiger partial charge in [0, 0.05) is 17.7 Å². The first-order chi connectivity index (χ1) is 16.3. The van der Waals surface area contributed by atoms with Crippen molar-refractivity contribution in [2.24, 2.45) is 5.41 Å². The first-order valence-electron chi connectivity index (χ1n) is 11.6. The highest BCUT2D eigenvalue weighted by atomic mass is 35.5. The average Bonchev–Trinajstić information content (AvgIpc) is 3.31. The third kappa shape index (κ3) is 5.26. The van der Waals surface area contributed by atoms with Crippen molar-refractivity contribution in [1.82, 2.24) is 15.0 Å². The van der Waals surface area contributed by atoms with E-state index in [0.717, 1.165) is 30.8 Å². The molecule has 0 bridgehead atoms. The molecule has 1 saturated heterocycles. The molecule has 0 spiro atoms. The first kappa shape index (κ1) is 24.2. The molecule has 34 heavy (non-hydrogen) atoms. The number of carbonyl (C=O) groups is 1. The maximum atomic E-state index is 11.7. The molecule has 8 heteroatoms. The fraction of sp³-hybridized carbons (Fsp3) is 0.423. The SMILES string of the molecule is CCC1(C(=O)O)CCN(Cc2ccc(-c3noc(-c4ccc(OC(C)C)c(Cl)c4)n3)cc2)CC1. The Hall–Kier alpha value is -2.90. The van der Waals surface area contributed by atoms with Crippen LogP contribution in [0, 0.1) is 5.41 Å². The minimum Gasteiger partial charge on any atom is -0.489 e. The zero-order valence-corrected chi connectivity index (χ0v) is 20.5. The van der Waals surface area contributed by atoms with Crippen molar-refractivity contribution in [2.75, 3.05) is 13.1 Å². The highest BCUT2D eigenvalue weighted by molar-refractivity contribution is 6.32. The van der Waals surface area contributed by atoms with Crippen LogP contribution in [0.15, 0.2) is 47.0 Å². The molecule has 1 aliphatic rings. The van der Waals surface area contributed by atoms with Gasteiger partial charge in [-0.25, -0.2) is 0 Å². The van der Waals surface area contributed by atoms with Crippen molar-refractivity contribution in [3.63, 3.8) is 0 Å². The van der Waals surface area contributed by atoms with Crippen LogP contribution in [0.1, 0.15) is 45.6 Å². The van der Waals surface area contributed by atoms with E-state index in [4.69, 9.17) is 20.9 Å². The van der Waals surface area contributed by atoms with E-state index >= 15 is 0 Å². The summed E-state index contributed by atoms with van der Waals surface area (Å²) in [6.45, 7) is 8.24.